The average Bonchev–Trinajstić information content (AvgIpc) is 3.36. The lowest BCUT2D eigenvalue weighted by Crippen LogP contribution is -2.46. The first kappa shape index (κ1) is 21.5. The second-order valence-corrected chi connectivity index (χ2v) is 8.19. The number of likely N-dealkylation sites (tertiary alicyclic amines) is 1. The van der Waals surface area contributed by atoms with Gasteiger partial charge in [-0.1, -0.05) is 18.2 Å². The highest BCUT2D eigenvalue weighted by Gasteiger charge is 2.28. The maximum Gasteiger partial charge on any atom is 0.257 e. The Balaban J connectivity index is 1.32. The van der Waals surface area contributed by atoms with Gasteiger partial charge in [-0.15, -0.1) is 0 Å². The Hall–Kier alpha value is -4.33. The normalized spacial score (nSPS) is 14.1. The number of carbonyl (C=O) groups excluding carboxylic acids is 2. The van der Waals surface area contributed by atoms with E-state index in [2.05, 4.69) is 15.3 Å². The van der Waals surface area contributed by atoms with Gasteiger partial charge in [-0.05, 0) is 49.2 Å². The van der Waals surface area contributed by atoms with Gasteiger partial charge in [-0.2, -0.15) is 5.10 Å². The minimum Gasteiger partial charge on any atom is -0.349 e. The summed E-state index contributed by atoms with van der Waals surface area (Å²) in [6, 6.07) is 17.0. The van der Waals surface area contributed by atoms with Crippen LogP contribution in [0.3, 0.4) is 0 Å². The zero-order valence-electron chi connectivity index (χ0n) is 18.5. The van der Waals surface area contributed by atoms with Crippen molar-refractivity contribution in [1.29, 1.82) is 0 Å². The van der Waals surface area contributed by atoms with Crippen LogP contribution in [-0.4, -0.2) is 55.6 Å². The van der Waals surface area contributed by atoms with E-state index in [9.17, 15) is 9.59 Å². The summed E-state index contributed by atoms with van der Waals surface area (Å²) < 4.78 is 1.73. The van der Waals surface area contributed by atoms with Crippen molar-refractivity contribution in [3.05, 3.63) is 96.7 Å². The summed E-state index contributed by atoms with van der Waals surface area (Å²) in [6.07, 6.45) is 9.77. The van der Waals surface area contributed by atoms with E-state index in [4.69, 9.17) is 5.10 Å². The van der Waals surface area contributed by atoms with E-state index in [0.717, 1.165) is 11.3 Å². The maximum absolute atomic E-state index is 13.5. The number of para-hydroxylation sites is 1. The summed E-state index contributed by atoms with van der Waals surface area (Å²) >= 11 is 0. The van der Waals surface area contributed by atoms with Crippen LogP contribution < -0.4 is 5.32 Å². The Morgan fingerprint density at radius 1 is 0.882 bits per heavy atom. The van der Waals surface area contributed by atoms with Crippen LogP contribution in [0.15, 0.2) is 85.6 Å². The molecule has 0 saturated carbocycles. The van der Waals surface area contributed by atoms with Crippen LogP contribution in [-0.2, 0) is 0 Å². The minimum atomic E-state index is -0.138. The molecular formula is C26H24N6O2. The number of piperidine rings is 1. The summed E-state index contributed by atoms with van der Waals surface area (Å²) in [5, 5.41) is 7.78. The number of aromatic nitrogens is 4. The number of amides is 2. The highest BCUT2D eigenvalue weighted by molar-refractivity contribution is 6.00. The van der Waals surface area contributed by atoms with E-state index in [0.29, 0.717) is 42.8 Å². The van der Waals surface area contributed by atoms with Gasteiger partial charge in [-0.3, -0.25) is 19.6 Å². The molecule has 0 aliphatic carbocycles. The molecule has 5 rings (SSSR count). The van der Waals surface area contributed by atoms with Crippen molar-refractivity contribution in [2.45, 2.75) is 18.9 Å². The molecule has 4 aromatic rings. The van der Waals surface area contributed by atoms with Gasteiger partial charge in [0.15, 0.2) is 0 Å². The number of hydrogen-bond acceptors (Lipinski definition) is 5. The molecule has 0 bridgehead atoms. The fourth-order valence-corrected chi connectivity index (χ4v) is 4.12. The molecule has 0 unspecified atom stereocenters. The average molecular weight is 453 g/mol. The Labute approximate surface area is 197 Å². The van der Waals surface area contributed by atoms with Crippen LogP contribution in [0, 0.1) is 0 Å². The van der Waals surface area contributed by atoms with Gasteiger partial charge in [-0.25, -0.2) is 4.68 Å². The molecule has 3 aromatic heterocycles. The number of hydrogen-bond donors (Lipinski definition) is 1. The van der Waals surface area contributed by atoms with Gasteiger partial charge in [0.05, 0.1) is 16.8 Å². The molecule has 170 valence electrons. The van der Waals surface area contributed by atoms with E-state index in [1.165, 1.54) is 0 Å². The molecule has 1 N–H and O–H groups in total. The van der Waals surface area contributed by atoms with Gasteiger partial charge < -0.3 is 10.2 Å². The highest BCUT2D eigenvalue weighted by Crippen LogP contribution is 2.25. The first-order chi connectivity index (χ1) is 16.7. The Bertz CT molecular complexity index is 1270. The first-order valence-electron chi connectivity index (χ1n) is 11.2. The molecular weight excluding hydrogens is 428 g/mol. The van der Waals surface area contributed by atoms with Crippen molar-refractivity contribution < 1.29 is 9.59 Å². The van der Waals surface area contributed by atoms with E-state index >= 15 is 0 Å². The molecule has 1 aliphatic heterocycles. The van der Waals surface area contributed by atoms with Crippen LogP contribution in [0.4, 0.5) is 0 Å². The molecule has 1 fully saturated rings. The minimum absolute atomic E-state index is 0.0154. The summed E-state index contributed by atoms with van der Waals surface area (Å²) in [7, 11) is 0. The molecule has 0 atom stereocenters. The topological polar surface area (TPSA) is 93.0 Å². The number of nitrogens with zero attached hydrogens (tertiary/aromatic N) is 5. The molecule has 8 nitrogen and oxygen atoms in total. The van der Waals surface area contributed by atoms with Crippen LogP contribution in [0.25, 0.3) is 16.9 Å². The zero-order chi connectivity index (χ0) is 23.3. The Kier molecular flexibility index (Phi) is 6.11. The van der Waals surface area contributed by atoms with E-state index in [1.807, 2.05) is 47.4 Å². The van der Waals surface area contributed by atoms with Crippen LogP contribution in [0.5, 0.6) is 0 Å². The maximum atomic E-state index is 13.5. The summed E-state index contributed by atoms with van der Waals surface area (Å²) in [6.45, 7) is 1.11. The number of rotatable bonds is 5. The molecule has 1 aliphatic rings. The molecule has 1 saturated heterocycles. The lowest BCUT2D eigenvalue weighted by atomic mass is 10.0. The predicted molar refractivity (Wildman–Crippen MR) is 127 cm³/mol. The Morgan fingerprint density at radius 3 is 2.29 bits per heavy atom. The molecule has 2 amide bonds. The van der Waals surface area contributed by atoms with Crippen molar-refractivity contribution in [3.63, 3.8) is 0 Å². The predicted octanol–water partition coefficient (Wildman–Crippen LogP) is 3.36. The molecule has 8 heteroatoms. The summed E-state index contributed by atoms with van der Waals surface area (Å²) in [5.74, 6) is -0.209. The molecule has 0 radical (unpaired) electrons. The molecule has 34 heavy (non-hydrogen) atoms. The highest BCUT2D eigenvalue weighted by atomic mass is 16.2. The van der Waals surface area contributed by atoms with Crippen molar-refractivity contribution in [1.82, 2.24) is 30.0 Å². The number of nitrogens with one attached hydrogen (secondary N) is 1. The van der Waals surface area contributed by atoms with Gasteiger partial charge in [0.25, 0.3) is 11.8 Å². The van der Waals surface area contributed by atoms with Crippen molar-refractivity contribution >= 4 is 11.8 Å². The zero-order valence-corrected chi connectivity index (χ0v) is 18.5. The summed E-state index contributed by atoms with van der Waals surface area (Å²) in [5.41, 5.74) is 3.35. The Morgan fingerprint density at radius 2 is 1.62 bits per heavy atom. The SMILES string of the molecule is O=C(NC1CCN(C(=O)c2cn(-c3ccccc3)nc2-c2cccnc2)CC1)c1cccnc1. The van der Waals surface area contributed by atoms with Crippen LogP contribution >= 0.6 is 0 Å². The molecule has 1 aromatic carbocycles. The number of benzene rings is 1. The van der Waals surface area contributed by atoms with Crippen LogP contribution in [0.1, 0.15) is 33.6 Å². The van der Waals surface area contributed by atoms with Gasteiger partial charge in [0, 0.05) is 55.7 Å². The third-order valence-corrected chi connectivity index (χ3v) is 5.94. The van der Waals surface area contributed by atoms with E-state index < -0.39 is 0 Å². The van der Waals surface area contributed by atoms with Gasteiger partial charge >= 0.3 is 0 Å². The van der Waals surface area contributed by atoms with Crippen molar-refractivity contribution in [3.8, 4) is 16.9 Å². The van der Waals surface area contributed by atoms with Crippen molar-refractivity contribution in [2.75, 3.05) is 13.1 Å². The second-order valence-electron chi connectivity index (χ2n) is 8.19. The third kappa shape index (κ3) is 4.56. The second kappa shape index (κ2) is 9.66. The van der Waals surface area contributed by atoms with Gasteiger partial charge in [0.2, 0.25) is 0 Å². The van der Waals surface area contributed by atoms with Gasteiger partial charge in [0.1, 0.15) is 5.69 Å². The number of pyridine rings is 2. The van der Waals surface area contributed by atoms with Crippen LogP contribution in [0.2, 0.25) is 0 Å². The largest absolute Gasteiger partial charge is 0.349 e. The molecule has 4 heterocycles. The number of carbonyl (C=O) groups is 2. The first-order valence-corrected chi connectivity index (χ1v) is 11.2. The monoisotopic (exact) mass is 452 g/mol. The quantitative estimate of drug-likeness (QED) is 0.501. The standard InChI is InChI=1S/C26H24N6O2/c33-25(20-7-5-13-28-17-20)29-21-10-14-31(15-11-21)26(34)23-18-32(22-8-2-1-3-9-22)30-24(23)19-6-4-12-27-16-19/h1-9,12-13,16-18,21H,10-11,14-15H2,(H,29,33). The smallest absolute Gasteiger partial charge is 0.257 e. The molecule has 0 spiro atoms. The lowest BCUT2D eigenvalue weighted by molar-refractivity contribution is 0.0699. The van der Waals surface area contributed by atoms with Crippen molar-refractivity contribution in [2.24, 2.45) is 0 Å². The summed E-state index contributed by atoms with van der Waals surface area (Å²) in [4.78, 5) is 36.0. The fourth-order valence-electron chi connectivity index (χ4n) is 4.12. The lowest BCUT2D eigenvalue weighted by Gasteiger charge is -2.32. The fraction of sp³-hybridized carbons (Fsp3) is 0.192. The van der Waals surface area contributed by atoms with E-state index in [-0.39, 0.29) is 17.9 Å². The third-order valence-electron chi connectivity index (χ3n) is 5.94. The van der Waals surface area contributed by atoms with E-state index in [1.54, 1.807) is 47.8 Å².